The fourth-order valence-electron chi connectivity index (χ4n) is 2.03. The minimum atomic E-state index is 0.521. The molecule has 5 heteroatoms. The predicted molar refractivity (Wildman–Crippen MR) is 76.3 cm³/mol. The summed E-state index contributed by atoms with van der Waals surface area (Å²) in [6.45, 7) is 6.58. The lowest BCUT2D eigenvalue weighted by Gasteiger charge is -2.21. The van der Waals surface area contributed by atoms with Gasteiger partial charge in [-0.2, -0.15) is 5.26 Å². The number of nitrogens with zero attached hydrogens (tertiary/aromatic N) is 4. The molecular weight excluding hydrogens is 238 g/mol. The summed E-state index contributed by atoms with van der Waals surface area (Å²) in [6.07, 6.45) is 2.91. The number of nitriles is 1. The first-order valence-electron chi connectivity index (χ1n) is 7.03. The van der Waals surface area contributed by atoms with Crippen LogP contribution >= 0.6 is 0 Å². The second-order valence-electron chi connectivity index (χ2n) is 4.76. The first-order valence-corrected chi connectivity index (χ1v) is 7.03. The van der Waals surface area contributed by atoms with Gasteiger partial charge in [0.15, 0.2) is 0 Å². The topological polar surface area (TPSA) is 64.8 Å². The highest BCUT2D eigenvalue weighted by Crippen LogP contribution is 2.39. The summed E-state index contributed by atoms with van der Waals surface area (Å²) in [4.78, 5) is 11.4. The van der Waals surface area contributed by atoms with Gasteiger partial charge in [-0.05, 0) is 26.7 Å². The lowest BCUT2D eigenvalue weighted by atomic mass is 10.3. The Kier molecular flexibility index (Phi) is 4.56. The van der Waals surface area contributed by atoms with Gasteiger partial charge >= 0.3 is 0 Å². The van der Waals surface area contributed by atoms with Crippen molar-refractivity contribution in [1.82, 2.24) is 9.97 Å². The molecule has 1 aliphatic rings. The summed E-state index contributed by atoms with van der Waals surface area (Å²) in [5, 5.41) is 12.0. The zero-order valence-corrected chi connectivity index (χ0v) is 11.7. The third kappa shape index (κ3) is 3.57. The van der Waals surface area contributed by atoms with Gasteiger partial charge in [-0.1, -0.05) is 0 Å². The summed E-state index contributed by atoms with van der Waals surface area (Å²) >= 11 is 0. The van der Waals surface area contributed by atoms with Crippen LogP contribution in [0.4, 0.5) is 11.6 Å². The molecule has 102 valence electrons. The molecule has 0 radical (unpaired) electrons. The SMILES string of the molecule is CCNc1cc(N(CC)CCC#N)nc(C2CC2)n1. The third-order valence-corrected chi connectivity index (χ3v) is 3.23. The summed E-state index contributed by atoms with van der Waals surface area (Å²) in [6, 6.07) is 4.17. The normalized spacial score (nSPS) is 13.9. The van der Waals surface area contributed by atoms with Crippen molar-refractivity contribution in [2.24, 2.45) is 0 Å². The van der Waals surface area contributed by atoms with E-state index in [1.54, 1.807) is 0 Å². The molecule has 5 nitrogen and oxygen atoms in total. The Labute approximate surface area is 114 Å². The van der Waals surface area contributed by atoms with E-state index in [0.717, 1.165) is 37.1 Å². The molecule has 0 saturated heterocycles. The zero-order valence-electron chi connectivity index (χ0n) is 11.7. The van der Waals surface area contributed by atoms with E-state index in [-0.39, 0.29) is 0 Å². The van der Waals surface area contributed by atoms with Gasteiger partial charge in [-0.25, -0.2) is 9.97 Å². The molecular formula is C14H21N5. The van der Waals surface area contributed by atoms with E-state index >= 15 is 0 Å². The van der Waals surface area contributed by atoms with Crippen molar-refractivity contribution in [3.8, 4) is 6.07 Å². The maximum atomic E-state index is 8.73. The van der Waals surface area contributed by atoms with Crippen LogP contribution in [0.3, 0.4) is 0 Å². The Morgan fingerprint density at radius 3 is 2.79 bits per heavy atom. The molecule has 19 heavy (non-hydrogen) atoms. The van der Waals surface area contributed by atoms with E-state index < -0.39 is 0 Å². The lowest BCUT2D eigenvalue weighted by molar-refractivity contribution is 0.794. The van der Waals surface area contributed by atoms with Gasteiger partial charge < -0.3 is 10.2 Å². The van der Waals surface area contributed by atoms with Crippen molar-refractivity contribution in [3.05, 3.63) is 11.9 Å². The molecule has 1 aromatic heterocycles. The molecule has 1 heterocycles. The Bertz CT molecular complexity index is 461. The Morgan fingerprint density at radius 1 is 1.42 bits per heavy atom. The molecule has 0 bridgehead atoms. The van der Waals surface area contributed by atoms with Crippen LogP contribution in [0.15, 0.2) is 6.07 Å². The number of hydrogen-bond acceptors (Lipinski definition) is 5. The number of hydrogen-bond donors (Lipinski definition) is 1. The van der Waals surface area contributed by atoms with Gasteiger partial charge in [0.2, 0.25) is 0 Å². The van der Waals surface area contributed by atoms with Crippen molar-refractivity contribution in [2.45, 2.75) is 39.0 Å². The molecule has 1 aliphatic carbocycles. The van der Waals surface area contributed by atoms with Crippen LogP contribution in [-0.2, 0) is 0 Å². The maximum Gasteiger partial charge on any atom is 0.136 e. The summed E-state index contributed by atoms with van der Waals surface area (Å²) in [7, 11) is 0. The zero-order chi connectivity index (χ0) is 13.7. The number of aromatic nitrogens is 2. The highest BCUT2D eigenvalue weighted by Gasteiger charge is 2.27. The fourth-order valence-corrected chi connectivity index (χ4v) is 2.03. The third-order valence-electron chi connectivity index (χ3n) is 3.23. The molecule has 1 saturated carbocycles. The monoisotopic (exact) mass is 259 g/mol. The van der Waals surface area contributed by atoms with Crippen LogP contribution in [0.2, 0.25) is 0 Å². The van der Waals surface area contributed by atoms with E-state index in [1.807, 2.05) is 6.07 Å². The van der Waals surface area contributed by atoms with Gasteiger partial charge in [-0.3, -0.25) is 0 Å². The molecule has 0 amide bonds. The Balaban J connectivity index is 2.23. The van der Waals surface area contributed by atoms with Crippen molar-refractivity contribution in [1.29, 1.82) is 5.26 Å². The molecule has 1 aromatic rings. The highest BCUT2D eigenvalue weighted by atomic mass is 15.2. The standard InChI is InChI=1S/C14H21N5/c1-3-16-12-10-13(19(4-2)9-5-8-15)18-14(17-12)11-6-7-11/h10-11H,3-7,9H2,1-2H3,(H,16,17,18). The van der Waals surface area contributed by atoms with Gasteiger partial charge in [0.25, 0.3) is 0 Å². The van der Waals surface area contributed by atoms with Crippen LogP contribution in [0.5, 0.6) is 0 Å². The van der Waals surface area contributed by atoms with Crippen LogP contribution < -0.4 is 10.2 Å². The van der Waals surface area contributed by atoms with Crippen LogP contribution in [0.25, 0.3) is 0 Å². The van der Waals surface area contributed by atoms with Gasteiger partial charge in [-0.15, -0.1) is 0 Å². The van der Waals surface area contributed by atoms with Crippen molar-refractivity contribution < 1.29 is 0 Å². The predicted octanol–water partition coefficient (Wildman–Crippen LogP) is 2.53. The van der Waals surface area contributed by atoms with E-state index in [9.17, 15) is 0 Å². The average molecular weight is 259 g/mol. The lowest BCUT2D eigenvalue weighted by Crippen LogP contribution is -2.25. The number of nitrogens with one attached hydrogen (secondary N) is 1. The minimum absolute atomic E-state index is 0.521. The first kappa shape index (κ1) is 13.6. The minimum Gasteiger partial charge on any atom is -0.370 e. The van der Waals surface area contributed by atoms with Gasteiger partial charge in [0, 0.05) is 31.6 Å². The van der Waals surface area contributed by atoms with E-state index in [2.05, 4.69) is 40.1 Å². The number of anilines is 2. The van der Waals surface area contributed by atoms with Gasteiger partial charge in [0.05, 0.1) is 12.5 Å². The fraction of sp³-hybridized carbons (Fsp3) is 0.643. The Hall–Kier alpha value is -1.83. The van der Waals surface area contributed by atoms with E-state index in [0.29, 0.717) is 12.3 Å². The quantitative estimate of drug-likeness (QED) is 0.815. The largest absolute Gasteiger partial charge is 0.370 e. The van der Waals surface area contributed by atoms with Crippen molar-refractivity contribution in [3.63, 3.8) is 0 Å². The maximum absolute atomic E-state index is 8.73. The molecule has 0 spiro atoms. The first-order chi connectivity index (χ1) is 9.28. The van der Waals surface area contributed by atoms with Crippen molar-refractivity contribution >= 4 is 11.6 Å². The summed E-state index contributed by atoms with van der Waals surface area (Å²) in [5.41, 5.74) is 0. The molecule has 0 unspecified atom stereocenters. The molecule has 1 fully saturated rings. The smallest absolute Gasteiger partial charge is 0.136 e. The van der Waals surface area contributed by atoms with E-state index in [1.165, 1.54) is 12.8 Å². The van der Waals surface area contributed by atoms with Gasteiger partial charge in [0.1, 0.15) is 17.5 Å². The second-order valence-corrected chi connectivity index (χ2v) is 4.76. The molecule has 0 aliphatic heterocycles. The van der Waals surface area contributed by atoms with Crippen molar-refractivity contribution in [2.75, 3.05) is 29.9 Å². The molecule has 2 rings (SSSR count). The average Bonchev–Trinajstić information content (AvgIpc) is 3.24. The summed E-state index contributed by atoms with van der Waals surface area (Å²) < 4.78 is 0. The van der Waals surface area contributed by atoms with Crippen LogP contribution in [0.1, 0.15) is 44.9 Å². The summed E-state index contributed by atoms with van der Waals surface area (Å²) in [5.74, 6) is 3.31. The second kappa shape index (κ2) is 6.37. The van der Waals surface area contributed by atoms with E-state index in [4.69, 9.17) is 5.26 Å². The van der Waals surface area contributed by atoms with Crippen LogP contribution in [-0.4, -0.2) is 29.6 Å². The van der Waals surface area contributed by atoms with Crippen LogP contribution in [0, 0.1) is 11.3 Å². The highest BCUT2D eigenvalue weighted by molar-refractivity contribution is 5.50. The molecule has 0 aromatic carbocycles. The Morgan fingerprint density at radius 2 is 2.21 bits per heavy atom. The number of rotatable bonds is 7. The molecule has 0 atom stereocenters. The molecule has 1 N–H and O–H groups in total.